The summed E-state index contributed by atoms with van der Waals surface area (Å²) in [6.45, 7) is 4.60. The minimum atomic E-state index is -1.07. The van der Waals surface area contributed by atoms with E-state index in [9.17, 15) is 19.5 Å². The van der Waals surface area contributed by atoms with Gasteiger partial charge in [-0.05, 0) is 26.2 Å². The van der Waals surface area contributed by atoms with Gasteiger partial charge in [-0.2, -0.15) is 0 Å². The number of rotatable bonds is 3. The van der Waals surface area contributed by atoms with E-state index in [2.05, 4.69) is 4.98 Å². The van der Waals surface area contributed by atoms with Crippen LogP contribution >= 0.6 is 0 Å². The van der Waals surface area contributed by atoms with Crippen LogP contribution < -0.4 is 11.2 Å². The van der Waals surface area contributed by atoms with Crippen molar-refractivity contribution in [1.82, 2.24) is 19.4 Å². The van der Waals surface area contributed by atoms with Crippen molar-refractivity contribution in [3.05, 3.63) is 33.1 Å². The maximum absolute atomic E-state index is 12.3. The average Bonchev–Trinajstić information content (AvgIpc) is 3.04. The maximum Gasteiger partial charge on any atom is 0.328 e. The molecule has 2 N–H and O–H groups in total. The number of hydrogen-bond acceptors (Lipinski definition) is 5. The van der Waals surface area contributed by atoms with Gasteiger partial charge in [0.25, 0.3) is 5.56 Å². The highest BCUT2D eigenvalue weighted by Crippen LogP contribution is 2.30. The number of amides is 1. The van der Waals surface area contributed by atoms with Gasteiger partial charge in [-0.15, -0.1) is 0 Å². The van der Waals surface area contributed by atoms with Gasteiger partial charge >= 0.3 is 5.69 Å². The van der Waals surface area contributed by atoms with E-state index in [0.717, 1.165) is 25.9 Å². The predicted molar refractivity (Wildman–Crippen MR) is 87.9 cm³/mol. The number of H-pyrrole nitrogens is 1. The number of hydrogen-bond donors (Lipinski definition) is 2. The number of carbonyl (C=O) groups is 1. The van der Waals surface area contributed by atoms with Gasteiger partial charge in [0.05, 0.1) is 18.2 Å². The van der Waals surface area contributed by atoms with Crippen LogP contribution in [0, 0.1) is 0 Å². The molecule has 0 radical (unpaired) electrons. The number of nitrogens with zero attached hydrogens (tertiary/aromatic N) is 3. The van der Waals surface area contributed by atoms with E-state index >= 15 is 0 Å². The zero-order valence-corrected chi connectivity index (χ0v) is 13.9. The molecule has 2 saturated heterocycles. The Bertz CT molecular complexity index is 717. The third-order valence-corrected chi connectivity index (χ3v) is 5.09. The Morgan fingerprint density at radius 2 is 2.04 bits per heavy atom. The second-order valence-electron chi connectivity index (χ2n) is 6.96. The summed E-state index contributed by atoms with van der Waals surface area (Å²) >= 11 is 0. The Kier molecular flexibility index (Phi) is 4.60. The van der Waals surface area contributed by atoms with Crippen LogP contribution in [0.25, 0.3) is 0 Å². The first kappa shape index (κ1) is 16.9. The molecule has 2 aliphatic heterocycles. The van der Waals surface area contributed by atoms with Crippen molar-refractivity contribution >= 4 is 5.91 Å². The number of likely N-dealkylation sites (tertiary alicyclic amines) is 2. The Morgan fingerprint density at radius 1 is 1.33 bits per heavy atom. The zero-order valence-electron chi connectivity index (χ0n) is 13.9. The van der Waals surface area contributed by atoms with Crippen LogP contribution in [0.15, 0.2) is 21.9 Å². The van der Waals surface area contributed by atoms with Crippen LogP contribution in [0.1, 0.15) is 32.2 Å². The molecule has 8 nitrogen and oxygen atoms in total. The van der Waals surface area contributed by atoms with Crippen molar-refractivity contribution in [2.75, 3.05) is 32.7 Å². The van der Waals surface area contributed by atoms with Gasteiger partial charge in [0.1, 0.15) is 0 Å². The fourth-order valence-electron chi connectivity index (χ4n) is 3.55. The van der Waals surface area contributed by atoms with Crippen molar-refractivity contribution in [2.45, 2.75) is 37.8 Å². The Hall–Kier alpha value is -1.93. The SMILES string of the molecule is C[C@@]1(O)CCN(CC(=O)N2CCCC2)C[C@H]1n1ccc(=O)[nH]c1=O. The minimum Gasteiger partial charge on any atom is -0.388 e. The van der Waals surface area contributed by atoms with E-state index in [-0.39, 0.29) is 5.91 Å². The van der Waals surface area contributed by atoms with Crippen LogP contribution in [0.3, 0.4) is 0 Å². The summed E-state index contributed by atoms with van der Waals surface area (Å²) in [4.78, 5) is 41.7. The summed E-state index contributed by atoms with van der Waals surface area (Å²) in [6.07, 6.45) is 3.97. The summed E-state index contributed by atoms with van der Waals surface area (Å²) in [5.74, 6) is 0.0987. The van der Waals surface area contributed by atoms with E-state index < -0.39 is 22.9 Å². The van der Waals surface area contributed by atoms with Crippen molar-refractivity contribution in [2.24, 2.45) is 0 Å². The average molecular weight is 336 g/mol. The third-order valence-electron chi connectivity index (χ3n) is 5.09. The van der Waals surface area contributed by atoms with Crippen LogP contribution in [-0.4, -0.2) is 68.7 Å². The molecule has 2 aliphatic rings. The number of carbonyl (C=O) groups excluding carboxylic acids is 1. The smallest absolute Gasteiger partial charge is 0.328 e. The Balaban J connectivity index is 1.76. The van der Waals surface area contributed by atoms with Crippen molar-refractivity contribution in [3.8, 4) is 0 Å². The molecule has 2 fully saturated rings. The second-order valence-corrected chi connectivity index (χ2v) is 6.96. The molecule has 8 heteroatoms. The lowest BCUT2D eigenvalue weighted by atomic mass is 9.88. The zero-order chi connectivity index (χ0) is 17.3. The summed E-state index contributed by atoms with van der Waals surface area (Å²) in [7, 11) is 0. The first-order valence-electron chi connectivity index (χ1n) is 8.41. The summed E-state index contributed by atoms with van der Waals surface area (Å²) in [5, 5.41) is 10.7. The van der Waals surface area contributed by atoms with E-state index in [1.54, 1.807) is 6.92 Å². The standard InChI is InChI=1S/C16H24N4O4/c1-16(24)5-9-18(11-14(22)19-6-2-3-7-19)10-12(16)20-8-4-13(21)17-15(20)23/h4,8,12,24H,2-3,5-7,9-11H2,1H3,(H,17,21,23)/t12-,16-/m1/s1. The molecule has 0 spiro atoms. The van der Waals surface area contributed by atoms with E-state index in [0.29, 0.717) is 26.1 Å². The van der Waals surface area contributed by atoms with Gasteiger partial charge in [-0.3, -0.25) is 24.0 Å². The topological polar surface area (TPSA) is 98.6 Å². The first-order valence-corrected chi connectivity index (χ1v) is 8.41. The molecule has 0 bridgehead atoms. The van der Waals surface area contributed by atoms with E-state index in [1.807, 2.05) is 9.80 Å². The lowest BCUT2D eigenvalue weighted by Crippen LogP contribution is -2.55. The van der Waals surface area contributed by atoms with Crippen LogP contribution in [-0.2, 0) is 4.79 Å². The molecule has 3 heterocycles. The first-order chi connectivity index (χ1) is 11.4. The lowest BCUT2D eigenvalue weighted by Gasteiger charge is -2.43. The quantitative estimate of drug-likeness (QED) is 0.750. The predicted octanol–water partition coefficient (Wildman–Crippen LogP) is -0.843. The van der Waals surface area contributed by atoms with Gasteiger partial charge in [0.15, 0.2) is 0 Å². The van der Waals surface area contributed by atoms with Crippen molar-refractivity contribution < 1.29 is 9.90 Å². The van der Waals surface area contributed by atoms with Gasteiger partial charge in [0.2, 0.25) is 5.91 Å². The highest BCUT2D eigenvalue weighted by Gasteiger charge is 2.40. The summed E-state index contributed by atoms with van der Waals surface area (Å²) < 4.78 is 1.36. The van der Waals surface area contributed by atoms with Crippen molar-refractivity contribution in [3.63, 3.8) is 0 Å². The van der Waals surface area contributed by atoms with Crippen LogP contribution in [0.4, 0.5) is 0 Å². The fourth-order valence-corrected chi connectivity index (χ4v) is 3.55. The van der Waals surface area contributed by atoms with Crippen molar-refractivity contribution in [1.29, 1.82) is 0 Å². The Morgan fingerprint density at radius 3 is 2.71 bits per heavy atom. The third kappa shape index (κ3) is 3.44. The summed E-state index contributed by atoms with van der Waals surface area (Å²) in [5.41, 5.74) is -2.08. The number of piperidine rings is 1. The molecule has 1 aromatic rings. The second kappa shape index (κ2) is 6.52. The molecular formula is C16H24N4O4. The molecule has 132 valence electrons. The molecular weight excluding hydrogens is 312 g/mol. The van der Waals surface area contributed by atoms with Crippen LogP contribution in [0.5, 0.6) is 0 Å². The lowest BCUT2D eigenvalue weighted by molar-refractivity contribution is -0.133. The molecule has 24 heavy (non-hydrogen) atoms. The number of aromatic nitrogens is 2. The highest BCUT2D eigenvalue weighted by atomic mass is 16.3. The monoisotopic (exact) mass is 336 g/mol. The van der Waals surface area contributed by atoms with Gasteiger partial charge in [-0.1, -0.05) is 0 Å². The number of aromatic amines is 1. The molecule has 2 atom stereocenters. The van der Waals surface area contributed by atoms with E-state index in [1.165, 1.54) is 16.8 Å². The minimum absolute atomic E-state index is 0.0987. The number of nitrogens with one attached hydrogen (secondary N) is 1. The molecule has 0 aliphatic carbocycles. The molecule has 0 unspecified atom stereocenters. The largest absolute Gasteiger partial charge is 0.388 e. The summed E-state index contributed by atoms with van der Waals surface area (Å²) in [6, 6.07) is 0.758. The molecule has 3 rings (SSSR count). The van der Waals surface area contributed by atoms with Gasteiger partial charge in [0, 0.05) is 38.4 Å². The van der Waals surface area contributed by atoms with Crippen LogP contribution in [0.2, 0.25) is 0 Å². The highest BCUT2D eigenvalue weighted by molar-refractivity contribution is 5.78. The fraction of sp³-hybridized carbons (Fsp3) is 0.688. The number of aliphatic hydroxyl groups is 1. The van der Waals surface area contributed by atoms with E-state index in [4.69, 9.17) is 0 Å². The molecule has 1 aromatic heterocycles. The molecule has 0 saturated carbocycles. The normalized spacial score (nSPS) is 28.2. The molecule has 0 aromatic carbocycles. The molecule has 1 amide bonds. The van der Waals surface area contributed by atoms with Gasteiger partial charge < -0.3 is 10.0 Å². The van der Waals surface area contributed by atoms with Gasteiger partial charge in [-0.25, -0.2) is 4.79 Å². The maximum atomic E-state index is 12.3. The Labute approximate surface area is 139 Å².